The van der Waals surface area contributed by atoms with Gasteiger partial charge in [-0.05, 0) is 31.7 Å². The van der Waals surface area contributed by atoms with Gasteiger partial charge in [-0.15, -0.1) is 0 Å². The van der Waals surface area contributed by atoms with E-state index in [4.69, 9.17) is 11.6 Å². The van der Waals surface area contributed by atoms with E-state index in [2.05, 4.69) is 25.4 Å². The Morgan fingerprint density at radius 2 is 2.12 bits per heavy atom. The molecule has 0 saturated carbocycles. The lowest BCUT2D eigenvalue weighted by atomic mass is 10.2. The number of hydrogen-bond acceptors (Lipinski definition) is 2. The molecule has 1 nitrogen and oxygen atoms in total. The van der Waals surface area contributed by atoms with Gasteiger partial charge in [-0.1, -0.05) is 23.7 Å². The van der Waals surface area contributed by atoms with E-state index in [1.807, 2.05) is 6.07 Å². The van der Waals surface area contributed by atoms with Gasteiger partial charge in [0.25, 0.3) is 0 Å². The molecule has 1 rings (SSSR count). The summed E-state index contributed by atoms with van der Waals surface area (Å²) in [5, 5.41) is 3.51. The first-order chi connectivity index (χ1) is 7.46. The van der Waals surface area contributed by atoms with Crippen LogP contribution in [-0.2, 0) is 6.54 Å². The van der Waals surface area contributed by atoms with E-state index in [1.54, 1.807) is 17.8 Å². The van der Waals surface area contributed by atoms with Crippen molar-refractivity contribution >= 4 is 23.4 Å². The number of hydrogen-bond donors (Lipinski definition) is 1. The zero-order chi connectivity index (χ0) is 12.2. The van der Waals surface area contributed by atoms with Crippen LogP contribution in [0.2, 0.25) is 5.02 Å². The summed E-state index contributed by atoms with van der Waals surface area (Å²) in [6.07, 6.45) is 2.08. The summed E-state index contributed by atoms with van der Waals surface area (Å²) in [6, 6.07) is 4.89. The second-order valence-corrected chi connectivity index (χ2v) is 6.17. The standard InChI is InChI=1S/C12H17ClFNS/c1-12(2,16-3)8-15-7-9-5-4-6-10(14)11(9)13/h4-6,15H,7-8H2,1-3H3. The minimum atomic E-state index is -0.356. The molecule has 0 amide bonds. The van der Waals surface area contributed by atoms with Gasteiger partial charge >= 0.3 is 0 Å². The maximum Gasteiger partial charge on any atom is 0.142 e. The highest BCUT2D eigenvalue weighted by molar-refractivity contribution is 7.99. The molecule has 0 aliphatic rings. The number of benzene rings is 1. The van der Waals surface area contributed by atoms with Crippen LogP contribution >= 0.6 is 23.4 Å². The SMILES string of the molecule is CSC(C)(C)CNCc1cccc(F)c1Cl. The smallest absolute Gasteiger partial charge is 0.142 e. The molecule has 1 N–H and O–H groups in total. The molecule has 1 aromatic carbocycles. The Balaban J connectivity index is 2.53. The third-order valence-corrected chi connectivity index (χ3v) is 4.12. The van der Waals surface area contributed by atoms with Crippen molar-refractivity contribution in [2.24, 2.45) is 0 Å². The second kappa shape index (κ2) is 5.89. The lowest BCUT2D eigenvalue weighted by Crippen LogP contribution is -2.31. The summed E-state index contributed by atoms with van der Waals surface area (Å²) < 4.78 is 13.3. The van der Waals surface area contributed by atoms with Crippen molar-refractivity contribution in [3.63, 3.8) is 0 Å². The van der Waals surface area contributed by atoms with Crippen molar-refractivity contribution in [3.05, 3.63) is 34.6 Å². The van der Waals surface area contributed by atoms with Crippen LogP contribution in [0.15, 0.2) is 18.2 Å². The first kappa shape index (κ1) is 13.8. The van der Waals surface area contributed by atoms with Crippen molar-refractivity contribution in [2.45, 2.75) is 25.1 Å². The Hall–Kier alpha value is -0.250. The van der Waals surface area contributed by atoms with Crippen LogP contribution in [0.5, 0.6) is 0 Å². The van der Waals surface area contributed by atoms with Crippen LogP contribution in [0.1, 0.15) is 19.4 Å². The number of thioether (sulfide) groups is 1. The molecular formula is C12H17ClFNS. The number of nitrogens with one attached hydrogen (secondary N) is 1. The molecule has 0 saturated heterocycles. The molecule has 1 aromatic rings. The van der Waals surface area contributed by atoms with Crippen LogP contribution in [-0.4, -0.2) is 17.5 Å². The van der Waals surface area contributed by atoms with Gasteiger partial charge in [0.15, 0.2) is 0 Å². The van der Waals surface area contributed by atoms with Gasteiger partial charge < -0.3 is 5.32 Å². The van der Waals surface area contributed by atoms with Crippen molar-refractivity contribution in [1.82, 2.24) is 5.32 Å². The third-order valence-electron chi connectivity index (χ3n) is 2.45. The Labute approximate surface area is 106 Å². The molecule has 0 aromatic heterocycles. The first-order valence-corrected chi connectivity index (χ1v) is 6.75. The summed E-state index contributed by atoms with van der Waals surface area (Å²) in [7, 11) is 0. The molecule has 90 valence electrons. The Kier molecular flexibility index (Phi) is 5.09. The van der Waals surface area contributed by atoms with Gasteiger partial charge in [0.05, 0.1) is 5.02 Å². The molecule has 0 unspecified atom stereocenters. The average molecular weight is 262 g/mol. The molecule has 16 heavy (non-hydrogen) atoms. The molecule has 0 heterocycles. The summed E-state index contributed by atoms with van der Waals surface area (Å²) >= 11 is 7.66. The van der Waals surface area contributed by atoms with Crippen LogP contribution in [0.3, 0.4) is 0 Å². The predicted octanol–water partition coefficient (Wildman–Crippen LogP) is 3.71. The molecular weight excluding hydrogens is 245 g/mol. The van der Waals surface area contributed by atoms with Crippen LogP contribution in [0.4, 0.5) is 4.39 Å². The number of rotatable bonds is 5. The molecule has 0 fully saturated rings. The van der Waals surface area contributed by atoms with E-state index in [9.17, 15) is 4.39 Å². The molecule has 0 aliphatic carbocycles. The lowest BCUT2D eigenvalue weighted by Gasteiger charge is -2.22. The first-order valence-electron chi connectivity index (χ1n) is 5.15. The summed E-state index contributed by atoms with van der Waals surface area (Å²) in [6.45, 7) is 5.79. The Morgan fingerprint density at radius 3 is 2.75 bits per heavy atom. The number of halogens is 2. The highest BCUT2D eigenvalue weighted by Crippen LogP contribution is 2.21. The van der Waals surface area contributed by atoms with E-state index in [0.717, 1.165) is 12.1 Å². The topological polar surface area (TPSA) is 12.0 Å². The largest absolute Gasteiger partial charge is 0.311 e. The third kappa shape index (κ3) is 3.96. The fourth-order valence-corrected chi connectivity index (χ4v) is 1.69. The van der Waals surface area contributed by atoms with E-state index in [0.29, 0.717) is 6.54 Å². The molecule has 0 aliphatic heterocycles. The lowest BCUT2D eigenvalue weighted by molar-refractivity contribution is 0.585. The highest BCUT2D eigenvalue weighted by atomic mass is 35.5. The van der Waals surface area contributed by atoms with Gasteiger partial charge in [-0.3, -0.25) is 0 Å². The molecule has 0 radical (unpaired) electrons. The second-order valence-electron chi connectivity index (χ2n) is 4.28. The predicted molar refractivity (Wildman–Crippen MR) is 70.7 cm³/mol. The van der Waals surface area contributed by atoms with Gasteiger partial charge in [-0.25, -0.2) is 4.39 Å². The fraction of sp³-hybridized carbons (Fsp3) is 0.500. The van der Waals surface area contributed by atoms with Gasteiger partial charge in [0.1, 0.15) is 5.82 Å². The van der Waals surface area contributed by atoms with E-state index in [1.165, 1.54) is 6.07 Å². The average Bonchev–Trinajstić information content (AvgIpc) is 2.24. The van der Waals surface area contributed by atoms with Crippen LogP contribution < -0.4 is 5.32 Å². The quantitative estimate of drug-likeness (QED) is 0.867. The highest BCUT2D eigenvalue weighted by Gasteiger charge is 2.15. The minimum Gasteiger partial charge on any atom is -0.311 e. The van der Waals surface area contributed by atoms with Crippen molar-refractivity contribution < 1.29 is 4.39 Å². The summed E-state index contributed by atoms with van der Waals surface area (Å²) in [5.74, 6) is -0.356. The van der Waals surface area contributed by atoms with E-state index >= 15 is 0 Å². The van der Waals surface area contributed by atoms with Crippen molar-refractivity contribution in [2.75, 3.05) is 12.8 Å². The van der Waals surface area contributed by atoms with Crippen molar-refractivity contribution in [1.29, 1.82) is 0 Å². The minimum absolute atomic E-state index is 0.180. The van der Waals surface area contributed by atoms with Gasteiger partial charge in [0.2, 0.25) is 0 Å². The zero-order valence-corrected chi connectivity index (χ0v) is 11.4. The van der Waals surface area contributed by atoms with E-state index in [-0.39, 0.29) is 15.6 Å². The summed E-state index contributed by atoms with van der Waals surface area (Å²) in [5.41, 5.74) is 0.804. The zero-order valence-electron chi connectivity index (χ0n) is 9.81. The normalized spacial score (nSPS) is 11.8. The van der Waals surface area contributed by atoms with Gasteiger partial charge in [0, 0.05) is 17.8 Å². The summed E-state index contributed by atoms with van der Waals surface area (Å²) in [4.78, 5) is 0. The monoisotopic (exact) mass is 261 g/mol. The fourth-order valence-electron chi connectivity index (χ4n) is 1.26. The van der Waals surface area contributed by atoms with Crippen LogP contribution in [0.25, 0.3) is 0 Å². The van der Waals surface area contributed by atoms with Gasteiger partial charge in [-0.2, -0.15) is 11.8 Å². The Bertz CT molecular complexity index is 355. The Morgan fingerprint density at radius 1 is 1.44 bits per heavy atom. The molecule has 0 atom stereocenters. The van der Waals surface area contributed by atoms with Crippen LogP contribution in [0, 0.1) is 5.82 Å². The molecule has 0 spiro atoms. The maximum atomic E-state index is 13.1. The van der Waals surface area contributed by atoms with E-state index < -0.39 is 0 Å². The van der Waals surface area contributed by atoms with Crippen molar-refractivity contribution in [3.8, 4) is 0 Å². The molecule has 0 bridgehead atoms. The maximum absolute atomic E-state index is 13.1. The molecule has 4 heteroatoms.